The molecule has 27 heavy (non-hydrogen) atoms. The zero-order valence-corrected chi connectivity index (χ0v) is 16.7. The second-order valence-electron chi connectivity index (χ2n) is 6.54. The van der Waals surface area contributed by atoms with E-state index >= 15 is 0 Å². The molecule has 0 saturated heterocycles. The second kappa shape index (κ2) is 9.53. The van der Waals surface area contributed by atoms with Crippen LogP contribution in [0.4, 0.5) is 5.69 Å². The van der Waals surface area contributed by atoms with Crippen molar-refractivity contribution < 1.29 is 17.9 Å². The highest BCUT2D eigenvalue weighted by Crippen LogP contribution is 2.24. The number of para-hydroxylation sites is 2. The van der Waals surface area contributed by atoms with Crippen LogP contribution in [0.15, 0.2) is 54.6 Å². The summed E-state index contributed by atoms with van der Waals surface area (Å²) in [5.74, 6) is 0.143. The summed E-state index contributed by atoms with van der Waals surface area (Å²) < 4.78 is 31.0. The largest absolute Gasteiger partial charge is 0.489 e. The van der Waals surface area contributed by atoms with Crippen LogP contribution in [0, 0.1) is 0 Å². The number of carbonyl (C=O) groups excluding carboxylic acids is 1. The molecule has 0 radical (unpaired) electrons. The highest BCUT2D eigenvalue weighted by atomic mass is 32.2. The summed E-state index contributed by atoms with van der Waals surface area (Å²) in [5.41, 5.74) is 1.54. The fourth-order valence-electron chi connectivity index (χ4n) is 2.54. The molecule has 0 heterocycles. The lowest BCUT2D eigenvalue weighted by atomic mass is 10.1. The summed E-state index contributed by atoms with van der Waals surface area (Å²) in [6.45, 7) is 3.78. The maximum Gasteiger partial charge on any atom is 0.239 e. The number of sulfonamides is 1. The molecule has 0 aliphatic heterocycles. The number of carbonyl (C=O) groups is 1. The van der Waals surface area contributed by atoms with Crippen molar-refractivity contribution in [2.45, 2.75) is 26.4 Å². The Morgan fingerprint density at radius 2 is 1.70 bits per heavy atom. The van der Waals surface area contributed by atoms with Crippen LogP contribution >= 0.6 is 0 Å². The van der Waals surface area contributed by atoms with Gasteiger partial charge < -0.3 is 10.1 Å². The molecule has 7 heteroatoms. The molecule has 0 unspecified atom stereocenters. The number of benzene rings is 2. The average Bonchev–Trinajstić information content (AvgIpc) is 2.60. The number of nitrogens with one attached hydrogen (secondary N) is 1. The molecule has 6 nitrogen and oxygen atoms in total. The van der Waals surface area contributed by atoms with Gasteiger partial charge in [-0.1, -0.05) is 42.5 Å². The Morgan fingerprint density at radius 1 is 1.07 bits per heavy atom. The molecule has 2 aromatic carbocycles. The smallest absolute Gasteiger partial charge is 0.239 e. The van der Waals surface area contributed by atoms with E-state index in [1.807, 2.05) is 50.2 Å². The first-order valence-corrected chi connectivity index (χ1v) is 10.6. The van der Waals surface area contributed by atoms with E-state index in [-0.39, 0.29) is 19.2 Å². The van der Waals surface area contributed by atoms with E-state index in [1.165, 1.54) is 4.31 Å². The molecule has 0 saturated carbocycles. The van der Waals surface area contributed by atoms with Gasteiger partial charge >= 0.3 is 0 Å². The van der Waals surface area contributed by atoms with Crippen molar-refractivity contribution in [2.24, 2.45) is 0 Å². The molecule has 1 N–H and O–H groups in total. The Hall–Kier alpha value is -2.38. The lowest BCUT2D eigenvalue weighted by Gasteiger charge is -2.20. The van der Waals surface area contributed by atoms with E-state index in [2.05, 4.69) is 5.32 Å². The number of hydrogen-bond acceptors (Lipinski definition) is 4. The molecule has 0 aliphatic carbocycles. The number of rotatable bonds is 9. The Kier molecular flexibility index (Phi) is 7.38. The maximum absolute atomic E-state index is 12.4. The molecule has 0 fully saturated rings. The van der Waals surface area contributed by atoms with Crippen LogP contribution in [-0.4, -0.2) is 44.1 Å². The van der Waals surface area contributed by atoms with Gasteiger partial charge in [-0.2, -0.15) is 4.31 Å². The van der Waals surface area contributed by atoms with Gasteiger partial charge in [-0.05, 0) is 38.0 Å². The predicted molar refractivity (Wildman–Crippen MR) is 107 cm³/mol. The maximum atomic E-state index is 12.4. The summed E-state index contributed by atoms with van der Waals surface area (Å²) in [7, 11) is -3.51. The van der Waals surface area contributed by atoms with E-state index in [4.69, 9.17) is 4.74 Å². The lowest BCUT2D eigenvalue weighted by molar-refractivity contribution is -0.116. The number of ether oxygens (including phenoxy) is 1. The number of hydrogen-bond donors (Lipinski definition) is 1. The van der Waals surface area contributed by atoms with Crippen LogP contribution in [0.25, 0.3) is 0 Å². The Labute approximate surface area is 161 Å². The third-order valence-corrected chi connectivity index (χ3v) is 5.06. The monoisotopic (exact) mass is 390 g/mol. The standard InChI is InChI=1S/C20H26N2O4S/c1-16(2)26-19-12-8-7-11-18(19)21-20(23)15-22(27(3,24)25)14-13-17-9-5-4-6-10-17/h4-12,16H,13-15H2,1-3H3,(H,21,23). The SMILES string of the molecule is CC(C)Oc1ccccc1NC(=O)CN(CCc1ccccc1)S(C)(=O)=O. The third kappa shape index (κ3) is 7.03. The van der Waals surface area contributed by atoms with Gasteiger partial charge in [-0.25, -0.2) is 8.42 Å². The van der Waals surface area contributed by atoms with Crippen LogP contribution in [0.2, 0.25) is 0 Å². The molecule has 1 amide bonds. The van der Waals surface area contributed by atoms with Gasteiger partial charge in [0, 0.05) is 6.54 Å². The number of amides is 1. The highest BCUT2D eigenvalue weighted by Gasteiger charge is 2.20. The molecular formula is C20H26N2O4S. The van der Waals surface area contributed by atoms with E-state index in [0.717, 1.165) is 11.8 Å². The summed E-state index contributed by atoms with van der Waals surface area (Å²) in [6.07, 6.45) is 1.61. The minimum Gasteiger partial charge on any atom is -0.489 e. The van der Waals surface area contributed by atoms with Crippen molar-refractivity contribution in [2.75, 3.05) is 24.7 Å². The van der Waals surface area contributed by atoms with Crippen molar-refractivity contribution in [3.8, 4) is 5.75 Å². The van der Waals surface area contributed by atoms with E-state index in [0.29, 0.717) is 17.9 Å². The van der Waals surface area contributed by atoms with Crippen molar-refractivity contribution in [1.29, 1.82) is 0 Å². The van der Waals surface area contributed by atoms with Crippen LogP contribution in [0.3, 0.4) is 0 Å². The third-order valence-electron chi connectivity index (χ3n) is 3.81. The molecule has 2 rings (SSSR count). The molecule has 0 spiro atoms. The number of anilines is 1. The Balaban J connectivity index is 2.04. The van der Waals surface area contributed by atoms with E-state index in [1.54, 1.807) is 18.2 Å². The van der Waals surface area contributed by atoms with Crippen LogP contribution in [0.1, 0.15) is 19.4 Å². The van der Waals surface area contributed by atoms with Crippen molar-refractivity contribution in [3.05, 3.63) is 60.2 Å². The van der Waals surface area contributed by atoms with Crippen molar-refractivity contribution in [3.63, 3.8) is 0 Å². The summed E-state index contributed by atoms with van der Waals surface area (Å²) >= 11 is 0. The minimum atomic E-state index is -3.51. The predicted octanol–water partition coefficient (Wildman–Crippen LogP) is 2.92. The summed E-state index contributed by atoms with van der Waals surface area (Å²) in [5, 5.41) is 2.75. The van der Waals surface area contributed by atoms with Gasteiger partial charge in [-0.3, -0.25) is 4.79 Å². The van der Waals surface area contributed by atoms with Crippen molar-refractivity contribution >= 4 is 21.6 Å². The lowest BCUT2D eigenvalue weighted by Crippen LogP contribution is -2.38. The van der Waals surface area contributed by atoms with Crippen LogP contribution < -0.4 is 10.1 Å². The molecule has 0 bridgehead atoms. The first-order valence-electron chi connectivity index (χ1n) is 8.80. The second-order valence-corrected chi connectivity index (χ2v) is 8.53. The highest BCUT2D eigenvalue weighted by molar-refractivity contribution is 7.88. The van der Waals surface area contributed by atoms with Gasteiger partial charge in [0.1, 0.15) is 5.75 Å². The average molecular weight is 391 g/mol. The number of nitrogens with zero attached hydrogens (tertiary/aromatic N) is 1. The first kappa shape index (κ1) is 20.9. The van der Waals surface area contributed by atoms with Gasteiger partial charge in [0.2, 0.25) is 15.9 Å². The van der Waals surface area contributed by atoms with Gasteiger partial charge in [0.05, 0.1) is 24.6 Å². The molecule has 0 aromatic heterocycles. The van der Waals surface area contributed by atoms with Gasteiger partial charge in [0.15, 0.2) is 0 Å². The molecule has 2 aromatic rings. The molecule has 0 aliphatic rings. The van der Waals surface area contributed by atoms with E-state index in [9.17, 15) is 13.2 Å². The van der Waals surface area contributed by atoms with E-state index < -0.39 is 15.9 Å². The zero-order valence-electron chi connectivity index (χ0n) is 15.9. The zero-order chi connectivity index (χ0) is 19.9. The fourth-order valence-corrected chi connectivity index (χ4v) is 3.31. The minimum absolute atomic E-state index is 0.0403. The Bertz CT molecular complexity index is 851. The van der Waals surface area contributed by atoms with Crippen LogP contribution in [-0.2, 0) is 21.2 Å². The molecule has 0 atom stereocenters. The summed E-state index contributed by atoms with van der Waals surface area (Å²) in [4.78, 5) is 12.4. The quantitative estimate of drug-likeness (QED) is 0.714. The van der Waals surface area contributed by atoms with Gasteiger partial charge in [0.25, 0.3) is 0 Å². The van der Waals surface area contributed by atoms with Crippen molar-refractivity contribution in [1.82, 2.24) is 4.31 Å². The molecular weight excluding hydrogens is 364 g/mol. The topological polar surface area (TPSA) is 75.7 Å². The summed E-state index contributed by atoms with van der Waals surface area (Å²) in [6, 6.07) is 16.7. The van der Waals surface area contributed by atoms with Gasteiger partial charge in [-0.15, -0.1) is 0 Å². The Morgan fingerprint density at radius 3 is 2.33 bits per heavy atom. The normalized spacial score (nSPS) is 11.6. The van der Waals surface area contributed by atoms with Crippen LogP contribution in [0.5, 0.6) is 5.75 Å². The fraction of sp³-hybridized carbons (Fsp3) is 0.350. The first-order chi connectivity index (χ1) is 12.8. The molecule has 146 valence electrons.